The molecule has 1 aromatic carbocycles. The molecule has 2 rings (SSSR count). The maximum absolute atomic E-state index is 6.32. The monoisotopic (exact) mass is 355 g/mol. The molecule has 1 unspecified atom stereocenters. The van der Waals surface area contributed by atoms with Crippen molar-refractivity contribution in [2.24, 2.45) is 5.73 Å². The summed E-state index contributed by atoms with van der Waals surface area (Å²) in [5.41, 5.74) is 9.65. The summed E-state index contributed by atoms with van der Waals surface area (Å²) in [6.07, 6.45) is 1.67. The maximum atomic E-state index is 6.32. The number of aryl methyl sites for hydroxylation is 2. The van der Waals surface area contributed by atoms with Gasteiger partial charge in [0, 0.05) is 24.0 Å². The Morgan fingerprint density at radius 1 is 1.30 bits per heavy atom. The molecule has 0 radical (unpaired) electrons. The quantitative estimate of drug-likeness (QED) is 0.875. The van der Waals surface area contributed by atoms with Crippen LogP contribution in [0.2, 0.25) is 5.02 Å². The van der Waals surface area contributed by atoms with Crippen molar-refractivity contribution in [2.45, 2.75) is 39.3 Å². The summed E-state index contributed by atoms with van der Waals surface area (Å²) in [5.74, 6) is 0. The highest BCUT2D eigenvalue weighted by molar-refractivity contribution is 9.10. The van der Waals surface area contributed by atoms with Crippen LogP contribution in [0.4, 0.5) is 0 Å². The number of hydrogen-bond donors (Lipinski definition) is 1. The summed E-state index contributed by atoms with van der Waals surface area (Å²) >= 11 is 9.56. The van der Waals surface area contributed by atoms with Crippen LogP contribution in [0.15, 0.2) is 28.7 Å². The zero-order chi connectivity index (χ0) is 14.7. The Balaban J connectivity index is 2.25. The average molecular weight is 357 g/mol. The highest BCUT2D eigenvalue weighted by Gasteiger charge is 2.17. The molecule has 0 aliphatic rings. The smallest absolute Gasteiger partial charge is 0.0766 e. The van der Waals surface area contributed by atoms with Crippen molar-refractivity contribution in [1.82, 2.24) is 9.78 Å². The van der Waals surface area contributed by atoms with Gasteiger partial charge < -0.3 is 5.73 Å². The number of benzene rings is 1. The molecule has 0 aliphatic heterocycles. The van der Waals surface area contributed by atoms with Crippen molar-refractivity contribution in [1.29, 1.82) is 0 Å². The van der Waals surface area contributed by atoms with Crippen LogP contribution in [0, 0.1) is 0 Å². The van der Waals surface area contributed by atoms with E-state index >= 15 is 0 Å². The Labute approximate surface area is 133 Å². The summed E-state index contributed by atoms with van der Waals surface area (Å²) in [5, 5.41) is 5.33. The fourth-order valence-corrected chi connectivity index (χ4v) is 3.10. The second kappa shape index (κ2) is 6.74. The molecule has 5 heteroatoms. The summed E-state index contributed by atoms with van der Waals surface area (Å²) in [6, 6.07) is 7.65. The first kappa shape index (κ1) is 15.5. The van der Waals surface area contributed by atoms with Gasteiger partial charge in [0.2, 0.25) is 0 Å². The Hall–Kier alpha value is -0.840. The number of nitrogens with zero attached hydrogens (tertiary/aromatic N) is 2. The predicted octanol–water partition coefficient (Wildman–Crippen LogP) is 4.12. The molecule has 108 valence electrons. The third kappa shape index (κ3) is 3.25. The zero-order valence-corrected chi connectivity index (χ0v) is 14.1. The minimum absolute atomic E-state index is 0.0599. The van der Waals surface area contributed by atoms with E-state index in [1.54, 1.807) is 0 Å². The second-order valence-corrected chi connectivity index (χ2v) is 5.97. The van der Waals surface area contributed by atoms with E-state index in [9.17, 15) is 0 Å². The van der Waals surface area contributed by atoms with E-state index in [1.807, 2.05) is 28.9 Å². The number of halogens is 2. The molecule has 0 aliphatic carbocycles. The van der Waals surface area contributed by atoms with E-state index in [0.717, 1.165) is 45.8 Å². The second-order valence-electron chi connectivity index (χ2n) is 4.74. The van der Waals surface area contributed by atoms with Crippen molar-refractivity contribution in [2.75, 3.05) is 0 Å². The van der Waals surface area contributed by atoms with Crippen LogP contribution in [0.5, 0.6) is 0 Å². The van der Waals surface area contributed by atoms with Crippen LogP contribution >= 0.6 is 27.5 Å². The van der Waals surface area contributed by atoms with E-state index in [-0.39, 0.29) is 6.04 Å². The minimum Gasteiger partial charge on any atom is -0.324 e. The lowest BCUT2D eigenvalue weighted by molar-refractivity contribution is 0.584. The van der Waals surface area contributed by atoms with Gasteiger partial charge in [0.05, 0.1) is 15.9 Å². The fourth-order valence-electron chi connectivity index (χ4n) is 2.25. The molecule has 1 aromatic heterocycles. The average Bonchev–Trinajstić information content (AvgIpc) is 2.76. The maximum Gasteiger partial charge on any atom is 0.0766 e. The molecule has 3 nitrogen and oxygen atoms in total. The first-order valence-electron chi connectivity index (χ1n) is 6.81. The molecule has 2 N–H and O–H groups in total. The highest BCUT2D eigenvalue weighted by atomic mass is 79.9. The van der Waals surface area contributed by atoms with E-state index < -0.39 is 0 Å². The molecular weight excluding hydrogens is 338 g/mol. The standard InChI is InChI=1S/C15H19BrClN3/c1-3-13-15(16)14(20(4-2)19-13)9-12(18)10-5-7-11(17)8-6-10/h5-8,12H,3-4,9,18H2,1-2H3. The summed E-state index contributed by atoms with van der Waals surface area (Å²) in [6.45, 7) is 5.05. The number of nitrogens with two attached hydrogens (primary N) is 1. The van der Waals surface area contributed by atoms with Crippen molar-refractivity contribution in [3.05, 3.63) is 50.7 Å². The van der Waals surface area contributed by atoms with Crippen LogP contribution in [0.25, 0.3) is 0 Å². The number of hydrogen-bond acceptors (Lipinski definition) is 2. The van der Waals surface area contributed by atoms with Gasteiger partial charge in [-0.1, -0.05) is 30.7 Å². The van der Waals surface area contributed by atoms with Crippen LogP contribution in [0.3, 0.4) is 0 Å². The molecule has 1 atom stereocenters. The Morgan fingerprint density at radius 2 is 1.95 bits per heavy atom. The van der Waals surface area contributed by atoms with E-state index in [4.69, 9.17) is 17.3 Å². The molecule has 2 aromatic rings. The van der Waals surface area contributed by atoms with Gasteiger partial charge in [-0.2, -0.15) is 5.10 Å². The van der Waals surface area contributed by atoms with Gasteiger partial charge in [-0.3, -0.25) is 4.68 Å². The topological polar surface area (TPSA) is 43.8 Å². The van der Waals surface area contributed by atoms with Gasteiger partial charge >= 0.3 is 0 Å². The predicted molar refractivity (Wildman–Crippen MR) is 87.1 cm³/mol. The molecule has 0 saturated carbocycles. The Morgan fingerprint density at radius 3 is 2.50 bits per heavy atom. The number of aromatic nitrogens is 2. The van der Waals surface area contributed by atoms with Crippen LogP contribution < -0.4 is 5.73 Å². The summed E-state index contributed by atoms with van der Waals surface area (Å²) in [4.78, 5) is 0. The molecule has 20 heavy (non-hydrogen) atoms. The van der Waals surface area contributed by atoms with E-state index in [0.29, 0.717) is 0 Å². The first-order valence-corrected chi connectivity index (χ1v) is 7.99. The number of rotatable bonds is 5. The van der Waals surface area contributed by atoms with Gasteiger partial charge in [0.25, 0.3) is 0 Å². The van der Waals surface area contributed by atoms with Crippen LogP contribution in [0.1, 0.15) is 36.8 Å². The van der Waals surface area contributed by atoms with E-state index in [2.05, 4.69) is 34.9 Å². The lowest BCUT2D eigenvalue weighted by atomic mass is 10.0. The molecule has 1 heterocycles. The minimum atomic E-state index is -0.0599. The highest BCUT2D eigenvalue weighted by Crippen LogP contribution is 2.26. The summed E-state index contributed by atoms with van der Waals surface area (Å²) in [7, 11) is 0. The Kier molecular flexibility index (Phi) is 5.24. The van der Waals surface area contributed by atoms with E-state index in [1.165, 1.54) is 0 Å². The lowest BCUT2D eigenvalue weighted by Crippen LogP contribution is -2.16. The normalized spacial score (nSPS) is 12.7. The fraction of sp³-hybridized carbons (Fsp3) is 0.400. The SMILES string of the molecule is CCc1nn(CC)c(CC(N)c2ccc(Cl)cc2)c1Br. The largest absolute Gasteiger partial charge is 0.324 e. The Bertz CT molecular complexity index is 578. The molecular formula is C15H19BrClN3. The van der Waals surface area contributed by atoms with Crippen LogP contribution in [-0.2, 0) is 19.4 Å². The van der Waals surface area contributed by atoms with Gasteiger partial charge in [-0.05, 0) is 47.0 Å². The van der Waals surface area contributed by atoms with Gasteiger partial charge in [-0.25, -0.2) is 0 Å². The van der Waals surface area contributed by atoms with Gasteiger partial charge in [0.15, 0.2) is 0 Å². The molecule has 0 saturated heterocycles. The van der Waals surface area contributed by atoms with Crippen LogP contribution in [-0.4, -0.2) is 9.78 Å². The molecule has 0 bridgehead atoms. The van der Waals surface area contributed by atoms with Crippen molar-refractivity contribution >= 4 is 27.5 Å². The molecule has 0 spiro atoms. The van der Waals surface area contributed by atoms with Crippen molar-refractivity contribution in [3.8, 4) is 0 Å². The summed E-state index contributed by atoms with van der Waals surface area (Å²) < 4.78 is 3.12. The van der Waals surface area contributed by atoms with Crippen molar-refractivity contribution in [3.63, 3.8) is 0 Å². The lowest BCUT2D eigenvalue weighted by Gasteiger charge is -2.13. The van der Waals surface area contributed by atoms with Gasteiger partial charge in [0.1, 0.15) is 0 Å². The third-order valence-electron chi connectivity index (χ3n) is 3.41. The zero-order valence-electron chi connectivity index (χ0n) is 11.7. The molecule has 0 amide bonds. The first-order chi connectivity index (χ1) is 9.56. The molecule has 0 fully saturated rings. The third-order valence-corrected chi connectivity index (χ3v) is 4.57. The van der Waals surface area contributed by atoms with Crippen molar-refractivity contribution < 1.29 is 0 Å². The van der Waals surface area contributed by atoms with Gasteiger partial charge in [-0.15, -0.1) is 0 Å².